The lowest BCUT2D eigenvalue weighted by Crippen LogP contribution is -2.31. The van der Waals surface area contributed by atoms with Gasteiger partial charge in [0.05, 0.1) is 11.7 Å². The standard InChI is InChI=1S/C8H15NO3S/c1-8(2,3)6-5-13(11,12)9(4)7(6)10/h6H,5H2,1-4H3. The number of sulfonamides is 1. The molecule has 5 heteroatoms. The summed E-state index contributed by atoms with van der Waals surface area (Å²) in [7, 11) is -2.00. The minimum atomic E-state index is -3.32. The van der Waals surface area contributed by atoms with Crippen molar-refractivity contribution in [2.45, 2.75) is 20.8 Å². The van der Waals surface area contributed by atoms with Gasteiger partial charge in [-0.3, -0.25) is 4.79 Å². The number of nitrogens with zero attached hydrogens (tertiary/aromatic N) is 1. The van der Waals surface area contributed by atoms with Gasteiger partial charge in [0, 0.05) is 7.05 Å². The molecule has 1 aliphatic heterocycles. The van der Waals surface area contributed by atoms with Crippen LogP contribution in [0.5, 0.6) is 0 Å². The maximum Gasteiger partial charge on any atom is 0.240 e. The number of amides is 1. The fourth-order valence-electron chi connectivity index (χ4n) is 1.37. The average Bonchev–Trinajstić information content (AvgIpc) is 2.12. The molecule has 1 saturated heterocycles. The van der Waals surface area contributed by atoms with Crippen molar-refractivity contribution in [2.24, 2.45) is 11.3 Å². The van der Waals surface area contributed by atoms with Gasteiger partial charge in [0.25, 0.3) is 0 Å². The molecule has 0 aromatic carbocycles. The van der Waals surface area contributed by atoms with Crippen LogP contribution in [-0.4, -0.2) is 31.4 Å². The molecule has 76 valence electrons. The lowest BCUT2D eigenvalue weighted by atomic mass is 9.81. The van der Waals surface area contributed by atoms with Crippen LogP contribution in [0, 0.1) is 11.3 Å². The topological polar surface area (TPSA) is 54.5 Å². The summed E-state index contributed by atoms with van der Waals surface area (Å²) in [5.41, 5.74) is -0.283. The maximum absolute atomic E-state index is 11.5. The summed E-state index contributed by atoms with van der Waals surface area (Å²) in [5, 5.41) is 0. The summed E-state index contributed by atoms with van der Waals surface area (Å²) in [4.78, 5) is 11.5. The Hall–Kier alpha value is -0.580. The molecule has 4 nitrogen and oxygen atoms in total. The van der Waals surface area contributed by atoms with E-state index in [1.165, 1.54) is 7.05 Å². The number of rotatable bonds is 0. The smallest absolute Gasteiger partial charge is 0.240 e. The molecule has 1 unspecified atom stereocenters. The van der Waals surface area contributed by atoms with E-state index in [-0.39, 0.29) is 17.1 Å². The summed E-state index contributed by atoms with van der Waals surface area (Å²) in [6, 6.07) is 0. The van der Waals surface area contributed by atoms with Crippen molar-refractivity contribution in [1.82, 2.24) is 4.31 Å². The van der Waals surface area contributed by atoms with E-state index < -0.39 is 15.9 Å². The largest absolute Gasteiger partial charge is 0.273 e. The molecule has 0 saturated carbocycles. The molecule has 0 N–H and O–H groups in total. The first-order valence-corrected chi connectivity index (χ1v) is 5.77. The zero-order valence-corrected chi connectivity index (χ0v) is 9.18. The number of carbonyl (C=O) groups excluding carboxylic acids is 1. The highest BCUT2D eigenvalue weighted by molar-refractivity contribution is 7.90. The van der Waals surface area contributed by atoms with Gasteiger partial charge in [-0.05, 0) is 5.41 Å². The summed E-state index contributed by atoms with van der Waals surface area (Å²) < 4.78 is 23.5. The van der Waals surface area contributed by atoms with Crippen LogP contribution in [0.25, 0.3) is 0 Å². The van der Waals surface area contributed by atoms with Crippen LogP contribution >= 0.6 is 0 Å². The van der Waals surface area contributed by atoms with Gasteiger partial charge in [-0.2, -0.15) is 0 Å². The van der Waals surface area contributed by atoms with Crippen molar-refractivity contribution in [3.8, 4) is 0 Å². The molecule has 0 aromatic rings. The van der Waals surface area contributed by atoms with Crippen LogP contribution in [-0.2, 0) is 14.8 Å². The predicted molar refractivity (Wildman–Crippen MR) is 49.5 cm³/mol. The third-order valence-electron chi connectivity index (χ3n) is 2.45. The zero-order valence-electron chi connectivity index (χ0n) is 8.36. The van der Waals surface area contributed by atoms with E-state index in [0.717, 1.165) is 4.31 Å². The first-order chi connectivity index (χ1) is 5.66. The second-order valence-corrected chi connectivity index (χ2v) is 6.55. The third kappa shape index (κ3) is 1.70. The predicted octanol–water partition coefficient (Wildman–Crippen LogP) is 0.451. The van der Waals surface area contributed by atoms with Crippen LogP contribution in [0.15, 0.2) is 0 Å². The van der Waals surface area contributed by atoms with Gasteiger partial charge < -0.3 is 0 Å². The Kier molecular flexibility index (Phi) is 2.18. The first-order valence-electron chi connectivity index (χ1n) is 4.17. The van der Waals surface area contributed by atoms with Crippen molar-refractivity contribution in [1.29, 1.82) is 0 Å². The Balaban J connectivity index is 3.05. The Morgan fingerprint density at radius 2 is 1.85 bits per heavy atom. The molecule has 0 aromatic heterocycles. The highest BCUT2D eigenvalue weighted by Gasteiger charge is 2.46. The minimum absolute atomic E-state index is 0.0498. The van der Waals surface area contributed by atoms with Gasteiger partial charge in [0.15, 0.2) is 0 Å². The average molecular weight is 205 g/mol. The lowest BCUT2D eigenvalue weighted by Gasteiger charge is -2.23. The van der Waals surface area contributed by atoms with Crippen molar-refractivity contribution in [2.75, 3.05) is 12.8 Å². The highest BCUT2D eigenvalue weighted by atomic mass is 32.2. The fraction of sp³-hybridized carbons (Fsp3) is 0.875. The monoisotopic (exact) mass is 205 g/mol. The number of hydrogen-bond acceptors (Lipinski definition) is 3. The van der Waals surface area contributed by atoms with Crippen LogP contribution in [0.1, 0.15) is 20.8 Å². The van der Waals surface area contributed by atoms with E-state index in [1.807, 2.05) is 20.8 Å². The quantitative estimate of drug-likeness (QED) is 0.577. The van der Waals surface area contributed by atoms with Crippen molar-refractivity contribution < 1.29 is 13.2 Å². The number of carbonyl (C=O) groups is 1. The molecule has 1 heterocycles. The zero-order chi connectivity index (χ0) is 10.4. The minimum Gasteiger partial charge on any atom is -0.273 e. The molecule has 0 spiro atoms. The lowest BCUT2D eigenvalue weighted by molar-refractivity contribution is -0.130. The molecule has 13 heavy (non-hydrogen) atoms. The van der Waals surface area contributed by atoms with E-state index in [9.17, 15) is 13.2 Å². The van der Waals surface area contributed by atoms with E-state index in [0.29, 0.717) is 0 Å². The van der Waals surface area contributed by atoms with E-state index in [2.05, 4.69) is 0 Å². The Morgan fingerprint density at radius 3 is 2.00 bits per heavy atom. The molecule has 1 rings (SSSR count). The fourth-order valence-corrected chi connectivity index (χ4v) is 3.06. The molecular formula is C8H15NO3S. The summed E-state index contributed by atoms with van der Waals surface area (Å²) >= 11 is 0. The summed E-state index contributed by atoms with van der Waals surface area (Å²) in [6.07, 6.45) is 0. The van der Waals surface area contributed by atoms with Gasteiger partial charge in [-0.1, -0.05) is 20.8 Å². The molecule has 1 aliphatic rings. The van der Waals surface area contributed by atoms with Crippen LogP contribution in [0.3, 0.4) is 0 Å². The van der Waals surface area contributed by atoms with Gasteiger partial charge in [-0.15, -0.1) is 0 Å². The van der Waals surface area contributed by atoms with E-state index in [4.69, 9.17) is 0 Å². The second-order valence-electron chi connectivity index (χ2n) is 4.50. The second kappa shape index (κ2) is 2.70. The molecule has 1 atom stereocenters. The van der Waals surface area contributed by atoms with E-state index >= 15 is 0 Å². The van der Waals surface area contributed by atoms with E-state index in [1.54, 1.807) is 0 Å². The molecular weight excluding hydrogens is 190 g/mol. The Labute approximate surface area is 79.0 Å². The Morgan fingerprint density at radius 1 is 1.38 bits per heavy atom. The summed E-state index contributed by atoms with van der Waals surface area (Å²) in [5.74, 6) is -0.735. The molecule has 1 fully saturated rings. The maximum atomic E-state index is 11.5. The highest BCUT2D eigenvalue weighted by Crippen LogP contribution is 2.34. The van der Waals surface area contributed by atoms with Crippen molar-refractivity contribution in [3.63, 3.8) is 0 Å². The van der Waals surface area contributed by atoms with Crippen molar-refractivity contribution in [3.05, 3.63) is 0 Å². The Bertz CT molecular complexity index is 326. The molecule has 0 aliphatic carbocycles. The van der Waals surface area contributed by atoms with Crippen LogP contribution in [0.4, 0.5) is 0 Å². The molecule has 1 amide bonds. The van der Waals surface area contributed by atoms with Gasteiger partial charge in [-0.25, -0.2) is 12.7 Å². The summed E-state index contributed by atoms with van der Waals surface area (Å²) in [6.45, 7) is 5.64. The van der Waals surface area contributed by atoms with Crippen LogP contribution < -0.4 is 0 Å². The van der Waals surface area contributed by atoms with Crippen LogP contribution in [0.2, 0.25) is 0 Å². The van der Waals surface area contributed by atoms with Gasteiger partial charge in [0.2, 0.25) is 15.9 Å². The first kappa shape index (κ1) is 10.5. The molecule has 0 radical (unpaired) electrons. The molecule has 0 bridgehead atoms. The normalized spacial score (nSPS) is 28.2. The van der Waals surface area contributed by atoms with Gasteiger partial charge >= 0.3 is 0 Å². The van der Waals surface area contributed by atoms with Crippen molar-refractivity contribution >= 4 is 15.9 Å². The third-order valence-corrected chi connectivity index (χ3v) is 4.22. The number of hydrogen-bond donors (Lipinski definition) is 0. The SMILES string of the molecule is CN1C(=O)C(C(C)(C)C)CS1(=O)=O. The van der Waals surface area contributed by atoms with Gasteiger partial charge in [0.1, 0.15) is 0 Å².